The molecule has 0 radical (unpaired) electrons. The molecule has 0 aliphatic carbocycles. The number of hydrogen-bond donors (Lipinski definition) is 0. The van der Waals surface area contributed by atoms with Crippen LogP contribution in [0, 0.1) is 22.7 Å². The van der Waals surface area contributed by atoms with Gasteiger partial charge >= 0.3 is 0 Å². The lowest BCUT2D eigenvalue weighted by atomic mass is 9.86. The van der Waals surface area contributed by atoms with Crippen LogP contribution in [0.25, 0.3) is 77.3 Å². The monoisotopic (exact) mass is 536 g/mol. The van der Waals surface area contributed by atoms with Crippen molar-refractivity contribution >= 4 is 43.9 Å². The summed E-state index contributed by atoms with van der Waals surface area (Å²) < 4.78 is 12.3. The average Bonchev–Trinajstić information content (AvgIpc) is 3.62. The largest absolute Gasteiger partial charge is 0.456 e. The first-order valence-electron chi connectivity index (χ1n) is 13.6. The van der Waals surface area contributed by atoms with Crippen LogP contribution in [0.3, 0.4) is 0 Å². The molecular formula is C38H20N2O2. The molecule has 0 fully saturated rings. The van der Waals surface area contributed by atoms with Gasteiger partial charge in [-0.3, -0.25) is 0 Å². The van der Waals surface area contributed by atoms with E-state index in [1.165, 1.54) is 0 Å². The highest BCUT2D eigenvalue weighted by molar-refractivity contribution is 6.13. The lowest BCUT2D eigenvalue weighted by molar-refractivity contribution is 0.668. The van der Waals surface area contributed by atoms with Crippen LogP contribution in [0.2, 0.25) is 0 Å². The van der Waals surface area contributed by atoms with Gasteiger partial charge in [-0.2, -0.15) is 10.5 Å². The summed E-state index contributed by atoms with van der Waals surface area (Å²) in [5, 5.41) is 24.7. The number of benzene rings is 6. The van der Waals surface area contributed by atoms with Crippen LogP contribution in [-0.4, -0.2) is 0 Å². The van der Waals surface area contributed by atoms with Crippen molar-refractivity contribution in [1.29, 1.82) is 10.5 Å². The van der Waals surface area contributed by atoms with Gasteiger partial charge in [-0.15, -0.1) is 0 Å². The first-order valence-corrected chi connectivity index (χ1v) is 13.6. The van der Waals surface area contributed by atoms with Crippen LogP contribution in [0.5, 0.6) is 0 Å². The van der Waals surface area contributed by atoms with Crippen molar-refractivity contribution in [2.45, 2.75) is 0 Å². The summed E-state index contributed by atoms with van der Waals surface area (Å²) in [5.41, 5.74) is 9.27. The standard InChI is InChI=1S/C38H20N2O2/c39-21-24-8-1-2-9-26(24)30-19-25(23-16-17-36-32(18-23)27-10-3-5-13-34(27)41-36)20-31(33(30)22-40)28-12-7-15-37-38(28)29-11-4-6-14-35(29)42-37/h1-20H. The van der Waals surface area contributed by atoms with Crippen LogP contribution in [0.4, 0.5) is 0 Å². The van der Waals surface area contributed by atoms with Crippen molar-refractivity contribution in [3.63, 3.8) is 0 Å². The normalized spacial score (nSPS) is 11.3. The molecule has 0 spiro atoms. The molecule has 194 valence electrons. The number of nitriles is 2. The van der Waals surface area contributed by atoms with Gasteiger partial charge in [-0.1, -0.05) is 72.8 Å². The maximum atomic E-state index is 10.6. The number of furan rings is 2. The van der Waals surface area contributed by atoms with Gasteiger partial charge in [-0.25, -0.2) is 0 Å². The highest BCUT2D eigenvalue weighted by Gasteiger charge is 2.21. The summed E-state index contributed by atoms with van der Waals surface area (Å²) in [6.45, 7) is 0. The Morgan fingerprint density at radius 3 is 1.86 bits per heavy atom. The maximum absolute atomic E-state index is 10.6. The molecule has 2 heterocycles. The van der Waals surface area contributed by atoms with E-state index in [1.54, 1.807) is 6.07 Å². The summed E-state index contributed by atoms with van der Waals surface area (Å²) >= 11 is 0. The molecule has 0 bridgehead atoms. The van der Waals surface area contributed by atoms with E-state index in [0.717, 1.165) is 71.7 Å². The summed E-state index contributed by atoms with van der Waals surface area (Å²) in [6.07, 6.45) is 0. The number of hydrogen-bond acceptors (Lipinski definition) is 4. The molecule has 4 heteroatoms. The van der Waals surface area contributed by atoms with Crippen LogP contribution >= 0.6 is 0 Å². The molecule has 0 saturated carbocycles. The highest BCUT2D eigenvalue weighted by Crippen LogP contribution is 2.43. The van der Waals surface area contributed by atoms with Gasteiger partial charge in [0.25, 0.3) is 0 Å². The zero-order valence-corrected chi connectivity index (χ0v) is 22.3. The molecule has 8 rings (SSSR count). The molecule has 2 aromatic heterocycles. The molecule has 4 nitrogen and oxygen atoms in total. The molecule has 0 saturated heterocycles. The van der Waals surface area contributed by atoms with Gasteiger partial charge in [-0.05, 0) is 65.2 Å². The molecule has 0 aliphatic heterocycles. The Labute approximate surface area is 240 Å². The van der Waals surface area contributed by atoms with E-state index in [2.05, 4.69) is 30.3 Å². The molecule has 0 atom stereocenters. The van der Waals surface area contributed by atoms with Gasteiger partial charge in [0.15, 0.2) is 0 Å². The first-order chi connectivity index (χ1) is 20.7. The average molecular weight is 537 g/mol. The van der Waals surface area contributed by atoms with Gasteiger partial charge in [0.2, 0.25) is 0 Å². The van der Waals surface area contributed by atoms with Crippen molar-refractivity contribution in [3.05, 3.63) is 132 Å². The Morgan fingerprint density at radius 2 is 1.05 bits per heavy atom. The lowest BCUT2D eigenvalue weighted by Gasteiger charge is -2.16. The Balaban J connectivity index is 1.48. The minimum Gasteiger partial charge on any atom is -0.456 e. The summed E-state index contributed by atoms with van der Waals surface area (Å²) in [7, 11) is 0. The quantitative estimate of drug-likeness (QED) is 0.225. The molecular weight excluding hydrogens is 516 g/mol. The lowest BCUT2D eigenvalue weighted by Crippen LogP contribution is -1.95. The van der Waals surface area contributed by atoms with Crippen LogP contribution < -0.4 is 0 Å². The van der Waals surface area contributed by atoms with E-state index in [9.17, 15) is 10.5 Å². The molecule has 0 N–H and O–H groups in total. The van der Waals surface area contributed by atoms with Crippen molar-refractivity contribution in [3.8, 4) is 45.5 Å². The first kappa shape index (κ1) is 23.8. The predicted molar refractivity (Wildman–Crippen MR) is 167 cm³/mol. The zero-order valence-electron chi connectivity index (χ0n) is 22.3. The molecule has 42 heavy (non-hydrogen) atoms. The van der Waals surface area contributed by atoms with E-state index < -0.39 is 0 Å². The molecule has 8 aromatic rings. The van der Waals surface area contributed by atoms with E-state index >= 15 is 0 Å². The van der Waals surface area contributed by atoms with E-state index in [0.29, 0.717) is 16.7 Å². The third-order valence-corrected chi connectivity index (χ3v) is 7.99. The highest BCUT2D eigenvalue weighted by atomic mass is 16.3. The van der Waals surface area contributed by atoms with Gasteiger partial charge in [0.1, 0.15) is 28.4 Å². The van der Waals surface area contributed by atoms with Crippen molar-refractivity contribution in [2.24, 2.45) is 0 Å². The van der Waals surface area contributed by atoms with Crippen molar-refractivity contribution in [1.82, 2.24) is 0 Å². The van der Waals surface area contributed by atoms with Gasteiger partial charge in [0.05, 0.1) is 17.2 Å². The molecule has 0 aliphatic rings. The van der Waals surface area contributed by atoms with Crippen LogP contribution in [-0.2, 0) is 0 Å². The number of para-hydroxylation sites is 2. The fraction of sp³-hybridized carbons (Fsp3) is 0. The fourth-order valence-corrected chi connectivity index (χ4v) is 6.07. The van der Waals surface area contributed by atoms with Crippen molar-refractivity contribution < 1.29 is 8.83 Å². The Bertz CT molecular complexity index is 2450. The molecule has 6 aromatic carbocycles. The van der Waals surface area contributed by atoms with E-state index in [4.69, 9.17) is 8.83 Å². The smallest absolute Gasteiger partial charge is 0.136 e. The van der Waals surface area contributed by atoms with E-state index in [1.807, 2.05) is 97.1 Å². The summed E-state index contributed by atoms with van der Waals surface area (Å²) in [6, 6.07) is 44.5. The molecule has 0 amide bonds. The topological polar surface area (TPSA) is 73.9 Å². The Morgan fingerprint density at radius 1 is 0.429 bits per heavy atom. The predicted octanol–water partition coefficient (Wildman–Crippen LogP) is 10.2. The maximum Gasteiger partial charge on any atom is 0.136 e. The Kier molecular flexibility index (Phi) is 5.22. The number of fused-ring (bicyclic) bond motifs is 6. The third kappa shape index (κ3) is 3.53. The minimum atomic E-state index is 0.508. The minimum absolute atomic E-state index is 0.508. The number of nitrogens with zero attached hydrogens (tertiary/aromatic N) is 2. The zero-order chi connectivity index (χ0) is 28.2. The molecule has 0 unspecified atom stereocenters. The third-order valence-electron chi connectivity index (χ3n) is 7.99. The second-order valence-corrected chi connectivity index (χ2v) is 10.3. The number of rotatable bonds is 3. The SMILES string of the molecule is N#Cc1ccccc1-c1cc(-c2ccc3oc4ccccc4c3c2)cc(-c2cccc3oc4ccccc4c23)c1C#N. The van der Waals surface area contributed by atoms with Crippen LogP contribution in [0.1, 0.15) is 11.1 Å². The van der Waals surface area contributed by atoms with Crippen LogP contribution in [0.15, 0.2) is 130 Å². The Hall–Kier alpha value is -6.10. The second-order valence-electron chi connectivity index (χ2n) is 10.3. The van der Waals surface area contributed by atoms with E-state index in [-0.39, 0.29) is 0 Å². The summed E-state index contributed by atoms with van der Waals surface area (Å²) in [5.74, 6) is 0. The summed E-state index contributed by atoms with van der Waals surface area (Å²) in [4.78, 5) is 0. The van der Waals surface area contributed by atoms with Gasteiger partial charge in [0, 0.05) is 38.2 Å². The second kappa shape index (κ2) is 9.24. The fourth-order valence-electron chi connectivity index (χ4n) is 6.07. The van der Waals surface area contributed by atoms with Crippen molar-refractivity contribution in [2.75, 3.05) is 0 Å². The van der Waals surface area contributed by atoms with Gasteiger partial charge < -0.3 is 8.83 Å².